The molecule has 1 atom stereocenters. The van der Waals surface area contributed by atoms with Gasteiger partial charge in [-0.1, -0.05) is 6.92 Å². The average Bonchev–Trinajstić information content (AvgIpc) is 2.78. The first-order valence-corrected chi connectivity index (χ1v) is 6.61. The molecule has 0 radical (unpaired) electrons. The zero-order valence-corrected chi connectivity index (χ0v) is 10.9. The maximum Gasteiger partial charge on any atom is 0.411 e. The fraction of sp³-hybridized carbons (Fsp3) is 1.00. The minimum Gasteiger partial charge on any atom is -0.372 e. The van der Waals surface area contributed by atoms with Crippen LogP contribution in [0.15, 0.2) is 0 Å². The van der Waals surface area contributed by atoms with Crippen molar-refractivity contribution < 1.29 is 17.9 Å². The van der Waals surface area contributed by atoms with E-state index in [9.17, 15) is 13.2 Å². The number of ether oxygens (including phenoxy) is 1. The van der Waals surface area contributed by atoms with Gasteiger partial charge in [0.1, 0.15) is 6.61 Å². The molecular formula is C12H23F3N2O. The highest BCUT2D eigenvalue weighted by atomic mass is 19.4. The second-order valence-corrected chi connectivity index (χ2v) is 4.71. The molecule has 0 aliphatic carbocycles. The van der Waals surface area contributed by atoms with Gasteiger partial charge in [-0.2, -0.15) is 13.2 Å². The highest BCUT2D eigenvalue weighted by molar-refractivity contribution is 4.77. The summed E-state index contributed by atoms with van der Waals surface area (Å²) in [6.07, 6.45) is -1.15. The van der Waals surface area contributed by atoms with Gasteiger partial charge in [-0.05, 0) is 32.4 Å². The highest BCUT2D eigenvalue weighted by Crippen LogP contribution is 2.14. The van der Waals surface area contributed by atoms with Crippen molar-refractivity contribution in [3.05, 3.63) is 0 Å². The zero-order chi connectivity index (χ0) is 13.4. The highest BCUT2D eigenvalue weighted by Gasteiger charge is 2.27. The monoisotopic (exact) mass is 268 g/mol. The number of likely N-dealkylation sites (N-methyl/N-ethyl adjacent to an activating group) is 1. The average molecular weight is 268 g/mol. The molecule has 0 aromatic heterocycles. The molecule has 1 aliphatic heterocycles. The molecule has 0 spiro atoms. The Morgan fingerprint density at radius 2 is 2.17 bits per heavy atom. The molecule has 1 fully saturated rings. The van der Waals surface area contributed by atoms with Crippen molar-refractivity contribution in [1.29, 1.82) is 0 Å². The first kappa shape index (κ1) is 15.7. The molecular weight excluding hydrogens is 245 g/mol. The van der Waals surface area contributed by atoms with E-state index in [4.69, 9.17) is 0 Å². The van der Waals surface area contributed by atoms with E-state index in [2.05, 4.69) is 21.9 Å². The van der Waals surface area contributed by atoms with Gasteiger partial charge in [-0.25, -0.2) is 0 Å². The van der Waals surface area contributed by atoms with Gasteiger partial charge in [0.05, 0.1) is 0 Å². The number of hydrogen-bond donors (Lipinski definition) is 1. The molecule has 6 heteroatoms. The minimum atomic E-state index is -4.21. The van der Waals surface area contributed by atoms with Gasteiger partial charge in [-0.3, -0.25) is 0 Å². The Labute approximate surface area is 107 Å². The van der Waals surface area contributed by atoms with Crippen LogP contribution in [0.2, 0.25) is 0 Å². The van der Waals surface area contributed by atoms with Crippen molar-refractivity contribution >= 4 is 0 Å². The van der Waals surface area contributed by atoms with Crippen LogP contribution in [0.3, 0.4) is 0 Å². The van der Waals surface area contributed by atoms with Crippen molar-refractivity contribution in [2.45, 2.75) is 38.4 Å². The second kappa shape index (κ2) is 7.96. The first-order chi connectivity index (χ1) is 8.51. The Morgan fingerprint density at radius 1 is 1.39 bits per heavy atom. The largest absolute Gasteiger partial charge is 0.411 e. The predicted octanol–water partition coefficient (Wildman–Crippen LogP) is 2.03. The van der Waals surface area contributed by atoms with E-state index in [1.807, 2.05) is 0 Å². The number of alkyl halides is 3. The molecule has 1 rings (SSSR count). The smallest absolute Gasteiger partial charge is 0.372 e. The lowest BCUT2D eigenvalue weighted by Gasteiger charge is -2.24. The third kappa shape index (κ3) is 7.18. The van der Waals surface area contributed by atoms with Crippen LogP contribution in [0, 0.1) is 0 Å². The SMILES string of the molecule is CCN(CCCOCC(F)(F)F)CC1CCCN1. The van der Waals surface area contributed by atoms with E-state index in [0.717, 1.165) is 26.2 Å². The van der Waals surface area contributed by atoms with Gasteiger partial charge in [0, 0.05) is 25.7 Å². The number of nitrogens with zero attached hydrogens (tertiary/aromatic N) is 1. The predicted molar refractivity (Wildman–Crippen MR) is 64.6 cm³/mol. The van der Waals surface area contributed by atoms with Crippen LogP contribution >= 0.6 is 0 Å². The van der Waals surface area contributed by atoms with Crippen LogP contribution in [-0.2, 0) is 4.74 Å². The summed E-state index contributed by atoms with van der Waals surface area (Å²) in [7, 11) is 0. The molecule has 0 aromatic rings. The molecule has 0 amide bonds. The van der Waals surface area contributed by atoms with Gasteiger partial charge in [0.25, 0.3) is 0 Å². The third-order valence-corrected chi connectivity index (χ3v) is 3.12. The lowest BCUT2D eigenvalue weighted by molar-refractivity contribution is -0.174. The van der Waals surface area contributed by atoms with E-state index in [0.29, 0.717) is 12.5 Å². The van der Waals surface area contributed by atoms with Gasteiger partial charge in [-0.15, -0.1) is 0 Å². The second-order valence-electron chi connectivity index (χ2n) is 4.71. The summed E-state index contributed by atoms with van der Waals surface area (Å²) >= 11 is 0. The summed E-state index contributed by atoms with van der Waals surface area (Å²) in [5, 5.41) is 3.42. The number of halogens is 3. The quantitative estimate of drug-likeness (QED) is 0.682. The summed E-state index contributed by atoms with van der Waals surface area (Å²) in [5.41, 5.74) is 0. The molecule has 1 heterocycles. The Morgan fingerprint density at radius 3 is 2.72 bits per heavy atom. The third-order valence-electron chi connectivity index (χ3n) is 3.12. The number of nitrogens with one attached hydrogen (secondary N) is 1. The molecule has 1 N–H and O–H groups in total. The Bertz CT molecular complexity index is 218. The van der Waals surface area contributed by atoms with Crippen molar-refractivity contribution in [2.75, 3.05) is 39.4 Å². The summed E-state index contributed by atoms with van der Waals surface area (Å²) in [6.45, 7) is 4.90. The maximum absolute atomic E-state index is 11.8. The van der Waals surface area contributed by atoms with Crippen molar-refractivity contribution in [3.8, 4) is 0 Å². The summed E-state index contributed by atoms with van der Waals surface area (Å²) in [4.78, 5) is 2.26. The van der Waals surface area contributed by atoms with E-state index in [-0.39, 0.29) is 6.61 Å². The fourth-order valence-electron chi connectivity index (χ4n) is 2.18. The summed E-state index contributed by atoms with van der Waals surface area (Å²) in [6, 6.07) is 0.543. The van der Waals surface area contributed by atoms with Crippen LogP contribution < -0.4 is 5.32 Å². The molecule has 0 saturated carbocycles. The maximum atomic E-state index is 11.8. The number of hydrogen-bond acceptors (Lipinski definition) is 3. The van der Waals surface area contributed by atoms with Crippen LogP contribution in [0.1, 0.15) is 26.2 Å². The molecule has 0 aromatic carbocycles. The van der Waals surface area contributed by atoms with Crippen LogP contribution in [-0.4, -0.2) is 56.5 Å². The van der Waals surface area contributed by atoms with Gasteiger partial charge in [0.2, 0.25) is 0 Å². The zero-order valence-electron chi connectivity index (χ0n) is 10.9. The van der Waals surface area contributed by atoms with Gasteiger partial charge in [0.15, 0.2) is 0 Å². The van der Waals surface area contributed by atoms with Crippen molar-refractivity contribution in [3.63, 3.8) is 0 Å². The molecule has 3 nitrogen and oxygen atoms in total. The lowest BCUT2D eigenvalue weighted by atomic mass is 10.2. The molecule has 18 heavy (non-hydrogen) atoms. The topological polar surface area (TPSA) is 24.5 Å². The Kier molecular flexibility index (Phi) is 6.96. The van der Waals surface area contributed by atoms with E-state index >= 15 is 0 Å². The van der Waals surface area contributed by atoms with Crippen LogP contribution in [0.4, 0.5) is 13.2 Å². The summed E-state index contributed by atoms with van der Waals surface area (Å²) < 4.78 is 40.1. The molecule has 108 valence electrons. The molecule has 1 saturated heterocycles. The van der Waals surface area contributed by atoms with E-state index in [1.165, 1.54) is 12.8 Å². The van der Waals surface area contributed by atoms with Crippen molar-refractivity contribution in [1.82, 2.24) is 10.2 Å². The van der Waals surface area contributed by atoms with Gasteiger partial charge < -0.3 is 15.0 Å². The van der Waals surface area contributed by atoms with Crippen LogP contribution in [0.5, 0.6) is 0 Å². The minimum absolute atomic E-state index is 0.175. The molecule has 0 bridgehead atoms. The van der Waals surface area contributed by atoms with E-state index in [1.54, 1.807) is 0 Å². The normalized spacial score (nSPS) is 20.8. The fourth-order valence-corrected chi connectivity index (χ4v) is 2.18. The van der Waals surface area contributed by atoms with E-state index < -0.39 is 12.8 Å². The number of rotatable bonds is 8. The Balaban J connectivity index is 2.04. The summed E-state index contributed by atoms with van der Waals surface area (Å²) in [5.74, 6) is 0. The lowest BCUT2D eigenvalue weighted by Crippen LogP contribution is -2.38. The standard InChI is InChI=1S/C12H23F3N2O/c1-2-17(9-11-5-3-6-16-11)7-4-8-18-10-12(13,14)15/h11,16H,2-10H2,1H3. The Hall–Kier alpha value is -0.330. The van der Waals surface area contributed by atoms with Gasteiger partial charge >= 0.3 is 6.18 Å². The first-order valence-electron chi connectivity index (χ1n) is 6.61. The van der Waals surface area contributed by atoms with Crippen molar-refractivity contribution in [2.24, 2.45) is 0 Å². The molecule has 1 unspecified atom stereocenters. The van der Waals surface area contributed by atoms with Crippen LogP contribution in [0.25, 0.3) is 0 Å². The molecule has 1 aliphatic rings.